The molecule has 0 radical (unpaired) electrons. The van der Waals surface area contributed by atoms with E-state index >= 15 is 0 Å². The second-order valence-electron chi connectivity index (χ2n) is 6.19. The van der Waals surface area contributed by atoms with Crippen LogP contribution < -0.4 is 4.74 Å². The average Bonchev–Trinajstić information content (AvgIpc) is 2.78. The molecule has 4 rings (SSSR count). The van der Waals surface area contributed by atoms with Gasteiger partial charge in [-0.05, 0) is 60.2 Å². The first-order valence-electron chi connectivity index (χ1n) is 9.07. The maximum Gasteiger partial charge on any atom is 0.238 e. The molecule has 0 amide bonds. The highest BCUT2D eigenvalue weighted by atomic mass is 16.5. The summed E-state index contributed by atoms with van der Waals surface area (Å²) in [6.45, 7) is 0. The van der Waals surface area contributed by atoms with Gasteiger partial charge < -0.3 is 4.74 Å². The largest absolute Gasteiger partial charge is 0.437 e. The van der Waals surface area contributed by atoms with E-state index in [0.29, 0.717) is 11.6 Å². The average molecular weight is 379 g/mol. The summed E-state index contributed by atoms with van der Waals surface area (Å²) in [4.78, 5) is 24.9. The maximum atomic E-state index is 12.0. The van der Waals surface area contributed by atoms with Crippen LogP contribution in [0.5, 0.6) is 11.6 Å². The number of hydrogen-bond donors (Lipinski definition) is 0. The Labute approximate surface area is 168 Å². The Bertz CT molecular complexity index is 1180. The first-order valence-corrected chi connectivity index (χ1v) is 9.07. The van der Waals surface area contributed by atoms with Crippen LogP contribution in [-0.2, 0) is 4.79 Å². The molecule has 0 aliphatic carbocycles. The Balaban J connectivity index is 1.38. The van der Waals surface area contributed by atoms with E-state index in [1.165, 1.54) is 12.2 Å². The fraction of sp³-hybridized carbons (Fsp3) is 0. The number of ether oxygens (including phenoxy) is 1. The number of pyridine rings is 1. The number of hydrogen-bond acceptors (Lipinski definition) is 5. The summed E-state index contributed by atoms with van der Waals surface area (Å²) >= 11 is 0. The van der Waals surface area contributed by atoms with Crippen molar-refractivity contribution in [1.82, 2.24) is 15.0 Å². The number of para-hydroxylation sites is 2. The van der Waals surface area contributed by atoms with E-state index in [1.54, 1.807) is 24.5 Å². The minimum absolute atomic E-state index is 0.109. The van der Waals surface area contributed by atoms with Gasteiger partial charge >= 0.3 is 0 Å². The zero-order chi connectivity index (χ0) is 19.9. The van der Waals surface area contributed by atoms with Gasteiger partial charge in [0, 0.05) is 6.20 Å². The summed E-state index contributed by atoms with van der Waals surface area (Å²) in [5, 5.41) is 0. The highest BCUT2D eigenvalue weighted by molar-refractivity contribution is 6.04. The maximum absolute atomic E-state index is 12.0. The van der Waals surface area contributed by atoms with Gasteiger partial charge in [0.15, 0.2) is 5.78 Å². The van der Waals surface area contributed by atoms with Gasteiger partial charge in [0.05, 0.1) is 22.9 Å². The number of allylic oxidation sites excluding steroid dienone is 2. The van der Waals surface area contributed by atoms with E-state index in [-0.39, 0.29) is 5.78 Å². The highest BCUT2D eigenvalue weighted by Gasteiger charge is 2.02. The fourth-order valence-corrected chi connectivity index (χ4v) is 2.63. The van der Waals surface area contributed by atoms with Gasteiger partial charge in [-0.3, -0.25) is 9.78 Å². The summed E-state index contributed by atoms with van der Waals surface area (Å²) in [7, 11) is 0. The molecule has 140 valence electrons. The Morgan fingerprint density at radius 1 is 0.793 bits per heavy atom. The first kappa shape index (κ1) is 18.3. The molecule has 0 aliphatic heterocycles. The number of ketones is 1. The van der Waals surface area contributed by atoms with Gasteiger partial charge in [-0.25, -0.2) is 9.97 Å². The lowest BCUT2D eigenvalue weighted by atomic mass is 10.2. The third kappa shape index (κ3) is 4.99. The van der Waals surface area contributed by atoms with Crippen molar-refractivity contribution in [2.45, 2.75) is 0 Å². The molecular formula is C24H17N3O2. The molecule has 5 nitrogen and oxygen atoms in total. The molecular weight excluding hydrogens is 362 g/mol. The van der Waals surface area contributed by atoms with Crippen LogP contribution in [-0.4, -0.2) is 20.7 Å². The van der Waals surface area contributed by atoms with Crippen LogP contribution in [0.2, 0.25) is 0 Å². The minimum atomic E-state index is -0.109. The number of nitrogens with zero attached hydrogens (tertiary/aromatic N) is 3. The molecule has 2 aromatic carbocycles. The van der Waals surface area contributed by atoms with Crippen LogP contribution >= 0.6 is 0 Å². The normalized spacial score (nSPS) is 11.3. The Kier molecular flexibility index (Phi) is 5.48. The Morgan fingerprint density at radius 3 is 2.34 bits per heavy atom. The van der Waals surface area contributed by atoms with Gasteiger partial charge in [-0.2, -0.15) is 0 Å². The Morgan fingerprint density at radius 2 is 1.55 bits per heavy atom. The number of carbonyl (C=O) groups excluding carboxylic acids is 1. The quantitative estimate of drug-likeness (QED) is 0.436. The SMILES string of the molecule is O=C(C=Cc1ccc(Oc2cnc3ccccc3n2)cc1)C=Cc1ccccn1. The van der Waals surface area contributed by atoms with Gasteiger partial charge in [-0.15, -0.1) is 0 Å². The summed E-state index contributed by atoms with van der Waals surface area (Å²) in [6, 6.07) is 20.6. The zero-order valence-electron chi connectivity index (χ0n) is 15.5. The summed E-state index contributed by atoms with van der Waals surface area (Å²) in [5.74, 6) is 0.970. The summed E-state index contributed by atoms with van der Waals surface area (Å²) in [6.07, 6.45) is 9.74. The molecule has 4 aromatic rings. The van der Waals surface area contributed by atoms with E-state index in [0.717, 1.165) is 22.3 Å². The van der Waals surface area contributed by atoms with Crippen LogP contribution in [0.4, 0.5) is 0 Å². The molecule has 5 heteroatoms. The van der Waals surface area contributed by atoms with Crippen LogP contribution in [0, 0.1) is 0 Å². The molecule has 0 bridgehead atoms. The molecule has 0 N–H and O–H groups in total. The smallest absolute Gasteiger partial charge is 0.238 e. The van der Waals surface area contributed by atoms with E-state index in [9.17, 15) is 4.79 Å². The number of aromatic nitrogens is 3. The molecule has 2 heterocycles. The fourth-order valence-electron chi connectivity index (χ4n) is 2.63. The second-order valence-corrected chi connectivity index (χ2v) is 6.19. The van der Waals surface area contributed by atoms with Crippen molar-refractivity contribution in [3.8, 4) is 11.6 Å². The zero-order valence-corrected chi connectivity index (χ0v) is 15.5. The molecule has 0 aliphatic rings. The van der Waals surface area contributed by atoms with Crippen LogP contribution in [0.15, 0.2) is 91.3 Å². The predicted molar refractivity (Wildman–Crippen MR) is 113 cm³/mol. The molecule has 0 unspecified atom stereocenters. The van der Waals surface area contributed by atoms with Crippen LogP contribution in [0.3, 0.4) is 0 Å². The third-order valence-corrected chi connectivity index (χ3v) is 4.08. The van der Waals surface area contributed by atoms with E-state index in [4.69, 9.17) is 4.74 Å². The standard InChI is InChI=1S/C24H17N3O2/c28-20(13-11-19-5-3-4-16-25-19)12-8-18-9-14-21(15-10-18)29-24-17-26-22-6-1-2-7-23(22)27-24/h1-17H. The molecule has 0 fully saturated rings. The topological polar surface area (TPSA) is 65.0 Å². The van der Waals surface area contributed by atoms with Crippen molar-refractivity contribution >= 4 is 29.0 Å². The highest BCUT2D eigenvalue weighted by Crippen LogP contribution is 2.21. The molecule has 0 saturated carbocycles. The summed E-state index contributed by atoms with van der Waals surface area (Å²) in [5.41, 5.74) is 3.23. The van der Waals surface area contributed by atoms with Crippen LogP contribution in [0.25, 0.3) is 23.2 Å². The van der Waals surface area contributed by atoms with Gasteiger partial charge in [-0.1, -0.05) is 36.4 Å². The Hall–Kier alpha value is -4.12. The van der Waals surface area contributed by atoms with Crippen molar-refractivity contribution in [2.24, 2.45) is 0 Å². The number of carbonyl (C=O) groups is 1. The molecule has 0 atom stereocenters. The summed E-state index contributed by atoms with van der Waals surface area (Å²) < 4.78 is 5.77. The van der Waals surface area contributed by atoms with Gasteiger partial charge in [0.25, 0.3) is 0 Å². The monoisotopic (exact) mass is 379 g/mol. The predicted octanol–water partition coefficient (Wildman–Crippen LogP) is 5.11. The number of fused-ring (bicyclic) bond motifs is 1. The second kappa shape index (κ2) is 8.71. The minimum Gasteiger partial charge on any atom is -0.437 e. The van der Waals surface area contributed by atoms with E-state index in [1.807, 2.05) is 66.7 Å². The number of benzene rings is 2. The van der Waals surface area contributed by atoms with Crippen LogP contribution in [0.1, 0.15) is 11.3 Å². The lowest BCUT2D eigenvalue weighted by molar-refractivity contribution is -0.110. The van der Waals surface area contributed by atoms with Gasteiger partial charge in [0.2, 0.25) is 5.88 Å². The van der Waals surface area contributed by atoms with E-state index in [2.05, 4.69) is 15.0 Å². The molecule has 0 spiro atoms. The van der Waals surface area contributed by atoms with Gasteiger partial charge in [0.1, 0.15) is 5.75 Å². The van der Waals surface area contributed by atoms with E-state index < -0.39 is 0 Å². The lowest BCUT2D eigenvalue weighted by Gasteiger charge is -2.05. The molecule has 2 aromatic heterocycles. The van der Waals surface area contributed by atoms with Crippen molar-refractivity contribution in [2.75, 3.05) is 0 Å². The number of rotatable bonds is 6. The van der Waals surface area contributed by atoms with Crippen molar-refractivity contribution in [1.29, 1.82) is 0 Å². The first-order chi connectivity index (χ1) is 14.3. The molecule has 0 saturated heterocycles. The third-order valence-electron chi connectivity index (χ3n) is 4.08. The van der Waals surface area contributed by atoms with Crippen molar-refractivity contribution in [3.05, 3.63) is 103 Å². The van der Waals surface area contributed by atoms with Crippen molar-refractivity contribution < 1.29 is 9.53 Å². The lowest BCUT2D eigenvalue weighted by Crippen LogP contribution is -1.91. The molecule has 29 heavy (non-hydrogen) atoms. The van der Waals surface area contributed by atoms with Crippen molar-refractivity contribution in [3.63, 3.8) is 0 Å².